The molecule has 26 nitrogen and oxygen atoms in total. The van der Waals surface area contributed by atoms with E-state index in [1.165, 1.54) is 55.4 Å². The summed E-state index contributed by atoms with van der Waals surface area (Å²) in [4.78, 5) is 101. The zero-order chi connectivity index (χ0) is 91.4. The van der Waals surface area contributed by atoms with Crippen molar-refractivity contribution in [2.45, 2.75) is 248 Å². The highest BCUT2D eigenvalue weighted by Crippen LogP contribution is 2.44. The van der Waals surface area contributed by atoms with E-state index in [9.17, 15) is 43.2 Å². The SMILES string of the molecule is C#C[C@H]1O[C@H](COCc2ccccc2)[C@@H](OCc2ccccc2)[C@H](OCc2ccccc2)[C@@H]1C.C#Cc1ccc([C@H]2O[C@H](COC(C)=O)[C@@H](OC(C)=O)[C@H](C)[C@@H]2C)cc1.C=CC[C@H]1O[C@H](COC(C)=O)[C@@H](OC(C)=O)[C@H](C)[C@@H]1C.CC(=O)OC[C@H]1O[C@H](CC(=O)O)[C@@H](C)[C@@H](C)[C@@H]1OC(C)=O.CC(=O)OC[C@H]1O[C@H](c2cccc(Br)c2)[C@@H](C)[C@@H](C)[C@@H]1OC(C)=O. The molecule has 5 heterocycles. The summed E-state index contributed by atoms with van der Waals surface area (Å²) in [5, 5.41) is 8.93. The summed E-state index contributed by atoms with van der Waals surface area (Å²) in [5.74, 6) is 1.72. The van der Waals surface area contributed by atoms with E-state index in [0.29, 0.717) is 26.4 Å². The maximum absolute atomic E-state index is 11.5. The molecule has 5 aromatic rings. The van der Waals surface area contributed by atoms with Crippen LogP contribution in [0.25, 0.3) is 0 Å². The average Bonchev–Trinajstić information content (AvgIpc) is 0.806. The maximum Gasteiger partial charge on any atom is 0.305 e. The fourth-order valence-corrected chi connectivity index (χ4v) is 16.0. The molecule has 5 fully saturated rings. The quantitative estimate of drug-likeness (QED) is 0.0210. The van der Waals surface area contributed by atoms with Crippen molar-refractivity contribution in [1.82, 2.24) is 0 Å². The minimum Gasteiger partial charge on any atom is -0.481 e. The van der Waals surface area contributed by atoms with Crippen LogP contribution in [-0.4, -0.2) is 177 Å². The second-order valence-corrected chi connectivity index (χ2v) is 33.0. The van der Waals surface area contributed by atoms with E-state index >= 15 is 0 Å². The van der Waals surface area contributed by atoms with E-state index in [1.54, 1.807) is 0 Å². The van der Waals surface area contributed by atoms with Gasteiger partial charge in [-0.25, -0.2) is 0 Å². The van der Waals surface area contributed by atoms with Gasteiger partial charge in [0.15, 0.2) is 0 Å². The zero-order valence-corrected chi connectivity index (χ0v) is 75.8. The normalized spacial score (nSPS) is 29.1. The van der Waals surface area contributed by atoms with Gasteiger partial charge in [-0.15, -0.1) is 19.4 Å². The van der Waals surface area contributed by atoms with Crippen molar-refractivity contribution >= 4 is 69.7 Å². The number of halogens is 1. The number of carbonyl (C=O) groups is 9. The minimum atomic E-state index is -0.962. The Bertz CT molecular complexity index is 4260. The summed E-state index contributed by atoms with van der Waals surface area (Å²) < 4.78 is 92.0. The Labute approximate surface area is 738 Å². The van der Waals surface area contributed by atoms with Crippen molar-refractivity contribution in [1.29, 1.82) is 0 Å². The molecule has 10 rings (SSSR count). The largest absolute Gasteiger partial charge is 0.481 e. The molecule has 0 unspecified atom stereocenters. The molecular formula is C97H125BrO26. The molecule has 5 aromatic carbocycles. The van der Waals surface area contributed by atoms with Gasteiger partial charge in [0.05, 0.1) is 63.4 Å². The molecule has 0 aromatic heterocycles. The summed E-state index contributed by atoms with van der Waals surface area (Å²) in [5.41, 5.74) is 6.15. The summed E-state index contributed by atoms with van der Waals surface area (Å²) in [6.45, 7) is 34.5. The number of aliphatic carboxylic acids is 1. The van der Waals surface area contributed by atoms with Crippen LogP contribution in [0.5, 0.6) is 0 Å². The average molecular weight is 1790 g/mol. The first-order valence-corrected chi connectivity index (χ1v) is 42.8. The third kappa shape index (κ3) is 33.0. The van der Waals surface area contributed by atoms with Crippen molar-refractivity contribution in [2.75, 3.05) is 33.0 Å². The van der Waals surface area contributed by atoms with Gasteiger partial charge in [-0.1, -0.05) is 211 Å². The lowest BCUT2D eigenvalue weighted by Crippen LogP contribution is -2.56. The Morgan fingerprint density at radius 2 is 0.750 bits per heavy atom. The number of ether oxygens (including phenoxy) is 16. The summed E-state index contributed by atoms with van der Waals surface area (Å²) in [6.07, 6.45) is 7.51. The molecule has 5 aliphatic rings. The van der Waals surface area contributed by atoms with E-state index in [-0.39, 0.29) is 159 Å². The van der Waals surface area contributed by atoms with E-state index in [0.717, 1.165) is 44.3 Å². The lowest BCUT2D eigenvalue weighted by Gasteiger charge is -2.44. The Morgan fingerprint density at radius 3 is 1.12 bits per heavy atom. The molecule has 0 amide bonds. The number of esters is 8. The first kappa shape index (κ1) is 103. The van der Waals surface area contributed by atoms with Gasteiger partial charge in [0.2, 0.25) is 0 Å². The highest BCUT2D eigenvalue weighted by Gasteiger charge is 2.50. The fourth-order valence-electron chi connectivity index (χ4n) is 15.5. The third-order valence-electron chi connectivity index (χ3n) is 22.8. The molecular weight excluding hydrogens is 1660 g/mol. The van der Waals surface area contributed by atoms with Crippen molar-refractivity contribution in [2.24, 2.45) is 53.3 Å². The second-order valence-electron chi connectivity index (χ2n) is 32.1. The summed E-state index contributed by atoms with van der Waals surface area (Å²) >= 11 is 3.48. The number of carbonyl (C=O) groups excluding carboxylic acids is 8. The molecule has 5 saturated heterocycles. The molecule has 0 saturated carbocycles. The van der Waals surface area contributed by atoms with E-state index in [4.69, 9.17) is 93.7 Å². The molecule has 0 bridgehead atoms. The third-order valence-corrected chi connectivity index (χ3v) is 23.3. The van der Waals surface area contributed by atoms with Crippen molar-refractivity contribution in [3.8, 4) is 24.7 Å². The van der Waals surface area contributed by atoms with Crippen molar-refractivity contribution in [3.05, 3.63) is 190 Å². The Balaban J connectivity index is 0.000000243. The number of benzene rings is 5. The number of hydrogen-bond acceptors (Lipinski definition) is 25. The van der Waals surface area contributed by atoms with Gasteiger partial charge in [-0.05, 0) is 82.2 Å². The first-order valence-electron chi connectivity index (χ1n) is 42.0. The molecule has 124 heavy (non-hydrogen) atoms. The topological polar surface area (TPSA) is 322 Å². The van der Waals surface area contributed by atoms with Crippen LogP contribution in [0, 0.1) is 77.9 Å². The minimum absolute atomic E-state index is 0.00475. The van der Waals surface area contributed by atoms with E-state index in [1.807, 2.05) is 156 Å². The van der Waals surface area contributed by atoms with Gasteiger partial charge in [0, 0.05) is 95.0 Å². The fraction of sp³-hybridized carbons (Fsp3) is 0.536. The molecule has 27 heteroatoms. The summed E-state index contributed by atoms with van der Waals surface area (Å²) in [6, 6.07) is 45.9. The molecule has 25 atom stereocenters. The van der Waals surface area contributed by atoms with Gasteiger partial charge >= 0.3 is 53.7 Å². The number of terminal acetylenes is 2. The number of carboxylic acids is 1. The van der Waals surface area contributed by atoms with E-state index in [2.05, 4.69) is 86.3 Å². The number of hydrogen-bond donors (Lipinski definition) is 1. The van der Waals surface area contributed by atoms with Crippen LogP contribution >= 0.6 is 15.9 Å². The Morgan fingerprint density at radius 1 is 0.387 bits per heavy atom. The molecule has 0 spiro atoms. The predicted octanol–water partition coefficient (Wildman–Crippen LogP) is 15.0. The van der Waals surface area contributed by atoms with Crippen LogP contribution in [0.3, 0.4) is 0 Å². The van der Waals surface area contributed by atoms with E-state index < -0.39 is 78.8 Å². The van der Waals surface area contributed by atoms with Gasteiger partial charge in [0.25, 0.3) is 0 Å². The number of carboxylic acid groups (broad SMARTS) is 1. The Kier molecular flexibility index (Phi) is 43.5. The zero-order valence-electron chi connectivity index (χ0n) is 74.3. The molecule has 676 valence electrons. The van der Waals surface area contributed by atoms with Crippen LogP contribution in [0.4, 0.5) is 0 Å². The van der Waals surface area contributed by atoms with Crippen LogP contribution in [-0.2, 0) is 139 Å². The highest BCUT2D eigenvalue weighted by molar-refractivity contribution is 9.10. The van der Waals surface area contributed by atoms with Crippen LogP contribution < -0.4 is 0 Å². The Hall–Kier alpha value is -9.65. The van der Waals surface area contributed by atoms with Gasteiger partial charge < -0.3 is 80.9 Å². The maximum atomic E-state index is 11.5. The van der Waals surface area contributed by atoms with Gasteiger partial charge in [-0.3, -0.25) is 43.2 Å². The molecule has 0 radical (unpaired) electrons. The molecule has 0 aliphatic carbocycles. The van der Waals surface area contributed by atoms with Crippen LogP contribution in [0.1, 0.15) is 176 Å². The predicted molar refractivity (Wildman–Crippen MR) is 463 cm³/mol. The highest BCUT2D eigenvalue weighted by atomic mass is 79.9. The van der Waals surface area contributed by atoms with Crippen molar-refractivity contribution < 1.29 is 124 Å². The molecule has 5 aliphatic heterocycles. The lowest BCUT2D eigenvalue weighted by molar-refractivity contribution is -0.231. The van der Waals surface area contributed by atoms with Gasteiger partial charge in [0.1, 0.15) is 93.6 Å². The smallest absolute Gasteiger partial charge is 0.305 e. The van der Waals surface area contributed by atoms with Gasteiger partial charge in [-0.2, -0.15) is 0 Å². The first-order chi connectivity index (χ1) is 58.9. The second kappa shape index (κ2) is 52.3. The number of rotatable bonds is 28. The monoisotopic (exact) mass is 1780 g/mol. The summed E-state index contributed by atoms with van der Waals surface area (Å²) in [7, 11) is 0. The standard InChI is InChI=1S/C30H32O4.C20H24O5.C18H23BrO5.C15H24O5.C14H22O7/c1-3-27-23(2)29(32-20-25-15-9-5-10-16-25)30(33-21-26-17-11-6-12-18-26)28(34-27)22-31-19-24-13-7-4-8-14-24;1-6-16-7-9-17(10-8-16)19-12(2)13(3)20(24-15(5)22)18(25-19)11-23-14(4)21;1-10-11(2)18(23-13(4)21)16(9-22-12(3)20)24-17(10)14-6-5-7-15(19)8-14;1-6-7-13-9(2)10(3)15(19-12(5)17)14(20-13)8-18-11(4)16;1-7-8(2)14(20-10(4)16)12(6-19-9(3)15)21-11(7)5-13(17)18/h1,4-18,23,27-30H,19-22H2,2H3;1,7-10,12-13,18-20H,11H2,2-5H3;5-8,10-11,16-18H,9H2,1-4H3;6,9-10,13-15H,1,7-8H2,2-5H3;7-8,11-12,14H,5-6H2,1-4H3,(H,17,18)/t23-,27-,28-,29-,30-;12-,13+,18+,19-,20-;10-,11+,16+,17-,18-;9-,10+,13+,14+,15-;7-,8+,11+,12+,14-/m10000/s1. The van der Waals surface area contributed by atoms with Crippen molar-refractivity contribution in [3.63, 3.8) is 0 Å². The van der Waals surface area contributed by atoms with Crippen LogP contribution in [0.2, 0.25) is 0 Å². The molecule has 1 N–H and O–H groups in total. The lowest BCUT2D eigenvalue weighted by atomic mass is 9.79. The van der Waals surface area contributed by atoms with Crippen LogP contribution in [0.15, 0.2) is 157 Å².